The highest BCUT2D eigenvalue weighted by Gasteiger charge is 2.80. The van der Waals surface area contributed by atoms with Crippen LogP contribution in [0.5, 0.6) is 0 Å². The van der Waals surface area contributed by atoms with Gasteiger partial charge in [0.15, 0.2) is 5.79 Å². The minimum absolute atomic E-state index is 0.134. The maximum Gasteiger partial charge on any atom is 0.186 e. The van der Waals surface area contributed by atoms with Gasteiger partial charge in [0.2, 0.25) is 0 Å². The molecule has 2 nitrogen and oxygen atoms in total. The minimum Gasteiger partial charge on any atom is -0.364 e. The van der Waals surface area contributed by atoms with Gasteiger partial charge in [-0.2, -0.15) is 0 Å². The van der Waals surface area contributed by atoms with Gasteiger partial charge in [0.1, 0.15) is 0 Å². The maximum atomic E-state index is 10.5. The lowest BCUT2D eigenvalue weighted by Crippen LogP contribution is -2.51. The fraction of sp³-hybridized carbons (Fsp3) is 1.00. The second-order valence-corrected chi connectivity index (χ2v) is 7.08. The zero-order valence-electron chi connectivity index (χ0n) is 8.65. The summed E-state index contributed by atoms with van der Waals surface area (Å²) < 4.78 is 5.36. The van der Waals surface area contributed by atoms with Crippen molar-refractivity contribution in [2.24, 2.45) is 10.8 Å². The van der Waals surface area contributed by atoms with E-state index in [-0.39, 0.29) is 15.2 Å². The lowest BCUT2D eigenvalue weighted by Gasteiger charge is -2.40. The molecule has 1 aliphatic carbocycles. The van der Waals surface area contributed by atoms with Gasteiger partial charge >= 0.3 is 0 Å². The van der Waals surface area contributed by atoms with Crippen LogP contribution >= 0.6 is 15.9 Å². The van der Waals surface area contributed by atoms with Crippen molar-refractivity contribution in [3.8, 4) is 0 Å². The van der Waals surface area contributed by atoms with Gasteiger partial charge < -0.3 is 9.84 Å². The lowest BCUT2D eigenvalue weighted by molar-refractivity contribution is -0.243. The monoisotopic (exact) mass is 248 g/mol. The van der Waals surface area contributed by atoms with E-state index in [1.165, 1.54) is 0 Å². The second-order valence-electron chi connectivity index (χ2n) is 5.72. The molecule has 1 N–H and O–H groups in total. The van der Waals surface area contributed by atoms with E-state index in [0.717, 1.165) is 6.42 Å². The topological polar surface area (TPSA) is 29.5 Å². The Morgan fingerprint density at radius 2 is 1.92 bits per heavy atom. The Morgan fingerprint density at radius 3 is 2.08 bits per heavy atom. The Bertz CT molecular complexity index is 256. The quantitative estimate of drug-likeness (QED) is 0.667. The molecule has 0 bridgehead atoms. The molecule has 1 aliphatic heterocycles. The highest BCUT2D eigenvalue weighted by Crippen LogP contribution is 2.74. The summed E-state index contributed by atoms with van der Waals surface area (Å²) in [6.07, 6.45) is 1.01. The molecule has 1 saturated carbocycles. The third-order valence-electron chi connectivity index (χ3n) is 3.62. The SMILES string of the molecule is CC(C)(C)C1(O)OCC2(C)CC21Br. The van der Waals surface area contributed by atoms with Crippen LogP contribution in [0.1, 0.15) is 34.1 Å². The summed E-state index contributed by atoms with van der Waals surface area (Å²) >= 11 is 3.66. The summed E-state index contributed by atoms with van der Waals surface area (Å²) in [6, 6.07) is 0. The number of hydrogen-bond acceptors (Lipinski definition) is 2. The predicted octanol–water partition coefficient (Wildman–Crippen LogP) is 2.29. The largest absolute Gasteiger partial charge is 0.364 e. The third-order valence-corrected chi connectivity index (χ3v) is 5.39. The molecule has 13 heavy (non-hydrogen) atoms. The first-order valence-electron chi connectivity index (χ1n) is 4.72. The number of ether oxygens (including phenoxy) is 1. The van der Waals surface area contributed by atoms with Gasteiger partial charge in [-0.05, 0) is 6.42 Å². The van der Waals surface area contributed by atoms with E-state index in [1.54, 1.807) is 0 Å². The zero-order valence-corrected chi connectivity index (χ0v) is 10.2. The number of fused-ring (bicyclic) bond motifs is 1. The van der Waals surface area contributed by atoms with Crippen LogP contribution in [-0.2, 0) is 4.74 Å². The molecule has 2 fully saturated rings. The van der Waals surface area contributed by atoms with Gasteiger partial charge in [0.25, 0.3) is 0 Å². The van der Waals surface area contributed by atoms with Crippen molar-refractivity contribution in [3.63, 3.8) is 0 Å². The Labute approximate surface area is 87.8 Å². The fourth-order valence-electron chi connectivity index (χ4n) is 2.38. The number of halogens is 1. The Balaban J connectivity index is 2.38. The van der Waals surface area contributed by atoms with Crippen molar-refractivity contribution in [1.82, 2.24) is 0 Å². The first-order valence-corrected chi connectivity index (χ1v) is 5.51. The van der Waals surface area contributed by atoms with E-state index in [0.29, 0.717) is 6.61 Å². The van der Waals surface area contributed by atoms with Crippen LogP contribution in [0.2, 0.25) is 0 Å². The van der Waals surface area contributed by atoms with E-state index in [9.17, 15) is 5.11 Å². The molecule has 2 aliphatic rings. The first-order chi connectivity index (χ1) is 5.66. The average molecular weight is 249 g/mol. The molecule has 0 aromatic carbocycles. The number of alkyl halides is 1. The number of rotatable bonds is 0. The third kappa shape index (κ3) is 0.910. The highest BCUT2D eigenvalue weighted by molar-refractivity contribution is 9.10. The van der Waals surface area contributed by atoms with Crippen LogP contribution in [0.3, 0.4) is 0 Å². The first kappa shape index (κ1) is 9.94. The van der Waals surface area contributed by atoms with Crippen molar-refractivity contribution in [1.29, 1.82) is 0 Å². The van der Waals surface area contributed by atoms with Crippen LogP contribution < -0.4 is 0 Å². The van der Waals surface area contributed by atoms with Gasteiger partial charge in [0, 0.05) is 10.8 Å². The lowest BCUT2D eigenvalue weighted by atomic mass is 9.81. The molecular weight excluding hydrogens is 232 g/mol. The normalized spacial score (nSPS) is 54.9. The van der Waals surface area contributed by atoms with Gasteiger partial charge in [-0.3, -0.25) is 0 Å². The van der Waals surface area contributed by atoms with E-state index in [2.05, 4.69) is 22.9 Å². The van der Waals surface area contributed by atoms with Crippen molar-refractivity contribution >= 4 is 15.9 Å². The highest BCUT2D eigenvalue weighted by atomic mass is 79.9. The molecule has 0 radical (unpaired) electrons. The van der Waals surface area contributed by atoms with Crippen molar-refractivity contribution in [2.45, 2.75) is 44.2 Å². The molecule has 76 valence electrons. The Hall–Kier alpha value is 0.400. The van der Waals surface area contributed by atoms with Gasteiger partial charge in [-0.25, -0.2) is 0 Å². The smallest absolute Gasteiger partial charge is 0.186 e. The van der Waals surface area contributed by atoms with E-state index >= 15 is 0 Å². The Morgan fingerprint density at radius 1 is 1.38 bits per heavy atom. The summed E-state index contributed by atoms with van der Waals surface area (Å²) in [7, 11) is 0. The van der Waals surface area contributed by atoms with E-state index in [4.69, 9.17) is 4.74 Å². The molecule has 3 heteroatoms. The minimum atomic E-state index is -1.02. The van der Waals surface area contributed by atoms with Gasteiger partial charge in [-0.15, -0.1) is 0 Å². The summed E-state index contributed by atoms with van der Waals surface area (Å²) in [4.78, 5) is 0. The number of hydrogen-bond donors (Lipinski definition) is 1. The standard InChI is InChI=1S/C10H17BrO2/c1-7(2,3)10(12)9(11)5-8(9,4)6-13-10/h12H,5-6H2,1-4H3. The van der Waals surface area contributed by atoms with E-state index < -0.39 is 5.79 Å². The van der Waals surface area contributed by atoms with Crippen LogP contribution in [-0.4, -0.2) is 21.8 Å². The van der Waals surface area contributed by atoms with Crippen molar-refractivity contribution in [3.05, 3.63) is 0 Å². The predicted molar refractivity (Wildman–Crippen MR) is 54.7 cm³/mol. The molecule has 2 rings (SSSR count). The molecule has 0 amide bonds. The molecular formula is C10H17BrO2. The molecule has 1 heterocycles. The second kappa shape index (κ2) is 2.15. The molecule has 0 spiro atoms. The molecule has 1 saturated heterocycles. The molecule has 3 atom stereocenters. The molecule has 3 unspecified atom stereocenters. The summed E-state index contributed by atoms with van der Waals surface area (Å²) in [5.74, 6) is -1.02. The van der Waals surface area contributed by atoms with E-state index in [1.807, 2.05) is 20.8 Å². The van der Waals surface area contributed by atoms with Gasteiger partial charge in [0.05, 0.1) is 10.9 Å². The Kier molecular flexibility index (Phi) is 1.64. The molecule has 0 aromatic heterocycles. The van der Waals surface area contributed by atoms with Gasteiger partial charge in [-0.1, -0.05) is 43.6 Å². The summed E-state index contributed by atoms with van der Waals surface area (Å²) in [5, 5.41) is 10.5. The fourth-order valence-corrected chi connectivity index (χ4v) is 3.82. The summed E-state index contributed by atoms with van der Waals surface area (Å²) in [5.41, 5.74) is -0.111. The van der Waals surface area contributed by atoms with Crippen molar-refractivity contribution in [2.75, 3.05) is 6.61 Å². The maximum absolute atomic E-state index is 10.5. The van der Waals surface area contributed by atoms with Crippen LogP contribution in [0.15, 0.2) is 0 Å². The summed E-state index contributed by atoms with van der Waals surface area (Å²) in [6.45, 7) is 8.86. The van der Waals surface area contributed by atoms with Crippen LogP contribution in [0, 0.1) is 10.8 Å². The van der Waals surface area contributed by atoms with Crippen molar-refractivity contribution < 1.29 is 9.84 Å². The van der Waals surface area contributed by atoms with Crippen LogP contribution in [0.4, 0.5) is 0 Å². The molecule has 0 aromatic rings. The zero-order chi connectivity index (χ0) is 10.1. The number of aliphatic hydroxyl groups is 1. The average Bonchev–Trinajstić information content (AvgIpc) is 2.43. The van der Waals surface area contributed by atoms with Crippen LogP contribution in [0.25, 0.3) is 0 Å².